The Morgan fingerprint density at radius 2 is 1.65 bits per heavy atom. The van der Waals surface area contributed by atoms with E-state index in [9.17, 15) is 0 Å². The quantitative estimate of drug-likeness (QED) is 0.328. The monoisotopic (exact) mass is 491 g/mol. The molecule has 6 nitrogen and oxygen atoms in total. The van der Waals surface area contributed by atoms with Crippen molar-refractivity contribution in [2.75, 3.05) is 26.3 Å². The molecule has 6 heteroatoms. The van der Waals surface area contributed by atoms with Gasteiger partial charge in [-0.3, -0.25) is 9.58 Å². The highest BCUT2D eigenvalue weighted by Crippen LogP contribution is 2.32. The molecule has 5 aromatic rings. The Hall–Kier alpha value is -3.48. The molecule has 2 aromatic heterocycles. The first kappa shape index (κ1) is 22.7. The van der Waals surface area contributed by atoms with Crippen molar-refractivity contribution in [1.29, 1.82) is 0 Å². The van der Waals surface area contributed by atoms with Gasteiger partial charge in [-0.15, -0.1) is 0 Å². The zero-order valence-corrected chi connectivity index (χ0v) is 21.1. The summed E-state index contributed by atoms with van der Waals surface area (Å²) in [5.74, 6) is 0.991. The third kappa shape index (κ3) is 4.67. The molecule has 1 saturated carbocycles. The maximum atomic E-state index is 5.53. The highest BCUT2D eigenvalue weighted by Gasteiger charge is 2.28. The summed E-state index contributed by atoms with van der Waals surface area (Å²) >= 11 is 0. The number of hydrogen-bond acceptors (Lipinski definition) is 4. The van der Waals surface area contributed by atoms with Crippen LogP contribution >= 0.6 is 0 Å². The number of imidazole rings is 1. The van der Waals surface area contributed by atoms with Crippen molar-refractivity contribution in [1.82, 2.24) is 24.6 Å². The van der Waals surface area contributed by atoms with Crippen LogP contribution in [0.4, 0.5) is 0 Å². The molecule has 0 unspecified atom stereocenters. The fourth-order valence-electron chi connectivity index (χ4n) is 6.17. The van der Waals surface area contributed by atoms with Crippen molar-refractivity contribution >= 4 is 21.8 Å². The molecule has 188 valence electrons. The molecule has 37 heavy (non-hydrogen) atoms. The van der Waals surface area contributed by atoms with Crippen molar-refractivity contribution < 1.29 is 4.74 Å². The molecule has 0 amide bonds. The third-order valence-electron chi connectivity index (χ3n) is 8.22. The zero-order chi connectivity index (χ0) is 24.6. The summed E-state index contributed by atoms with van der Waals surface area (Å²) in [6.45, 7) is 3.94. The molecule has 0 spiro atoms. The summed E-state index contributed by atoms with van der Waals surface area (Å²) in [6.07, 6.45) is 7.84. The summed E-state index contributed by atoms with van der Waals surface area (Å²) in [6, 6.07) is 24.9. The fourth-order valence-corrected chi connectivity index (χ4v) is 6.17. The Bertz CT molecular complexity index is 1520. The summed E-state index contributed by atoms with van der Waals surface area (Å²) < 4.78 is 7.73. The second-order valence-electron chi connectivity index (χ2n) is 10.6. The molecule has 2 aliphatic rings. The Kier molecular flexibility index (Phi) is 5.99. The summed E-state index contributed by atoms with van der Waals surface area (Å²) in [5.41, 5.74) is 5.49. The van der Waals surface area contributed by atoms with Crippen LogP contribution in [0, 0.1) is 0 Å². The maximum absolute atomic E-state index is 5.53. The highest BCUT2D eigenvalue weighted by atomic mass is 16.5. The van der Waals surface area contributed by atoms with Gasteiger partial charge in [-0.05, 0) is 60.2 Å². The first-order chi connectivity index (χ1) is 18.3. The van der Waals surface area contributed by atoms with Crippen LogP contribution < -0.4 is 0 Å². The fraction of sp³-hybridized carbons (Fsp3) is 0.355. The molecular formula is C31H33N5O. The summed E-state index contributed by atoms with van der Waals surface area (Å²) in [4.78, 5) is 11.0. The summed E-state index contributed by atoms with van der Waals surface area (Å²) in [5, 5.41) is 7.54. The second kappa shape index (κ2) is 9.77. The van der Waals surface area contributed by atoms with Crippen LogP contribution in [0.1, 0.15) is 43.1 Å². The van der Waals surface area contributed by atoms with E-state index in [1.807, 2.05) is 0 Å². The van der Waals surface area contributed by atoms with Gasteiger partial charge in [0.15, 0.2) is 0 Å². The van der Waals surface area contributed by atoms with Gasteiger partial charge in [0.05, 0.1) is 36.0 Å². The minimum atomic E-state index is 0.496. The molecule has 3 heterocycles. The van der Waals surface area contributed by atoms with Crippen LogP contribution in [0.25, 0.3) is 33.1 Å². The van der Waals surface area contributed by atoms with Gasteiger partial charge >= 0.3 is 0 Å². The summed E-state index contributed by atoms with van der Waals surface area (Å²) in [7, 11) is 0. The highest BCUT2D eigenvalue weighted by molar-refractivity contribution is 5.83. The van der Waals surface area contributed by atoms with Crippen LogP contribution in [-0.2, 0) is 11.2 Å². The predicted molar refractivity (Wildman–Crippen MR) is 148 cm³/mol. The van der Waals surface area contributed by atoms with Gasteiger partial charge < -0.3 is 9.72 Å². The van der Waals surface area contributed by atoms with Gasteiger partial charge in [-0.2, -0.15) is 5.10 Å². The van der Waals surface area contributed by atoms with E-state index in [1.54, 1.807) is 0 Å². The van der Waals surface area contributed by atoms with Gasteiger partial charge in [-0.1, -0.05) is 48.5 Å². The lowest BCUT2D eigenvalue weighted by molar-refractivity contribution is 0.00507. The van der Waals surface area contributed by atoms with Gasteiger partial charge in [0, 0.05) is 37.3 Å². The number of benzene rings is 3. The number of nitrogens with one attached hydrogen (secondary N) is 1. The molecule has 2 fully saturated rings. The molecule has 7 rings (SSSR count). The number of rotatable bonds is 5. The molecule has 1 N–H and O–H groups in total. The van der Waals surface area contributed by atoms with E-state index in [2.05, 4.69) is 87.5 Å². The lowest BCUT2D eigenvalue weighted by Gasteiger charge is -2.38. The lowest BCUT2D eigenvalue weighted by Crippen LogP contribution is -2.45. The van der Waals surface area contributed by atoms with Crippen molar-refractivity contribution in [2.24, 2.45) is 0 Å². The van der Waals surface area contributed by atoms with Crippen LogP contribution in [0.2, 0.25) is 0 Å². The van der Waals surface area contributed by atoms with Gasteiger partial charge in [-0.25, -0.2) is 4.98 Å². The number of nitrogens with zero attached hydrogens (tertiary/aromatic N) is 4. The van der Waals surface area contributed by atoms with E-state index in [1.165, 1.54) is 42.0 Å². The van der Waals surface area contributed by atoms with Crippen LogP contribution in [0.3, 0.4) is 0 Å². The van der Waals surface area contributed by atoms with Crippen LogP contribution in [0.15, 0.2) is 72.9 Å². The molecule has 3 aromatic carbocycles. The Morgan fingerprint density at radius 3 is 2.51 bits per heavy atom. The Morgan fingerprint density at radius 1 is 0.838 bits per heavy atom. The van der Waals surface area contributed by atoms with E-state index in [4.69, 9.17) is 14.8 Å². The number of H-pyrrole nitrogens is 1. The average Bonchev–Trinajstić information content (AvgIpc) is 3.60. The molecule has 0 radical (unpaired) electrons. The van der Waals surface area contributed by atoms with E-state index < -0.39 is 0 Å². The van der Waals surface area contributed by atoms with Crippen LogP contribution in [-0.4, -0.2) is 57.0 Å². The number of hydrogen-bond donors (Lipinski definition) is 1. The van der Waals surface area contributed by atoms with E-state index in [0.717, 1.165) is 60.8 Å². The number of ether oxygens (including phenoxy) is 1. The van der Waals surface area contributed by atoms with E-state index in [0.29, 0.717) is 12.1 Å². The van der Waals surface area contributed by atoms with Crippen molar-refractivity contribution in [3.8, 4) is 11.3 Å². The van der Waals surface area contributed by atoms with E-state index in [-0.39, 0.29) is 0 Å². The average molecular weight is 492 g/mol. The third-order valence-corrected chi connectivity index (χ3v) is 8.22. The number of morpholine rings is 1. The SMILES string of the molecule is c1ccc2cc(Cc3nc4ccc(-c5ccn(C6CCC(N7CCOCC7)CC6)n5)cc4[nH]3)ccc2c1. The zero-order valence-electron chi connectivity index (χ0n) is 21.1. The minimum Gasteiger partial charge on any atom is -0.379 e. The molecule has 0 bridgehead atoms. The minimum absolute atomic E-state index is 0.496. The number of aromatic nitrogens is 4. The molecule has 0 atom stereocenters. The number of aromatic amines is 1. The molecule has 1 saturated heterocycles. The standard InChI is InChI=1S/C31H33N5O/c1-2-4-24-19-22(5-6-23(24)3-1)20-31-32-29-12-7-25(21-30(29)33-31)28-13-14-36(34-28)27-10-8-26(9-11-27)35-15-17-37-18-16-35/h1-7,12-14,19,21,26-27H,8-11,15-18,20H2,(H,32,33). The van der Waals surface area contributed by atoms with Crippen molar-refractivity contribution in [3.63, 3.8) is 0 Å². The Labute approximate surface area is 217 Å². The smallest absolute Gasteiger partial charge is 0.111 e. The van der Waals surface area contributed by atoms with Gasteiger partial charge in [0.2, 0.25) is 0 Å². The first-order valence-corrected chi connectivity index (χ1v) is 13.6. The van der Waals surface area contributed by atoms with Crippen molar-refractivity contribution in [3.05, 3.63) is 84.3 Å². The van der Waals surface area contributed by atoms with Crippen LogP contribution in [0.5, 0.6) is 0 Å². The second-order valence-corrected chi connectivity index (χ2v) is 10.6. The van der Waals surface area contributed by atoms with Crippen molar-refractivity contribution in [2.45, 2.75) is 44.2 Å². The first-order valence-electron chi connectivity index (χ1n) is 13.6. The molecule has 1 aliphatic heterocycles. The largest absolute Gasteiger partial charge is 0.379 e. The molecular weight excluding hydrogens is 458 g/mol. The van der Waals surface area contributed by atoms with Gasteiger partial charge in [0.25, 0.3) is 0 Å². The maximum Gasteiger partial charge on any atom is 0.111 e. The number of fused-ring (bicyclic) bond motifs is 2. The topological polar surface area (TPSA) is 59.0 Å². The van der Waals surface area contributed by atoms with E-state index >= 15 is 0 Å². The molecule has 1 aliphatic carbocycles. The Balaban J connectivity index is 1.05. The lowest BCUT2D eigenvalue weighted by atomic mass is 9.90. The van der Waals surface area contributed by atoms with Gasteiger partial charge in [0.1, 0.15) is 5.82 Å². The predicted octanol–water partition coefficient (Wildman–Crippen LogP) is 5.99. The normalized spacial score (nSPS) is 21.1.